The number of rotatable bonds is 3. The van der Waals surface area contributed by atoms with Crippen molar-refractivity contribution in [3.63, 3.8) is 0 Å². The Bertz CT molecular complexity index is 1100. The second-order valence-electron chi connectivity index (χ2n) is 5.66. The molecule has 25 heavy (non-hydrogen) atoms. The highest BCUT2D eigenvalue weighted by molar-refractivity contribution is 5.98. The summed E-state index contributed by atoms with van der Waals surface area (Å²) in [6, 6.07) is 7.03. The van der Waals surface area contributed by atoms with Gasteiger partial charge in [-0.15, -0.1) is 0 Å². The summed E-state index contributed by atoms with van der Waals surface area (Å²) >= 11 is 0. The Morgan fingerprint density at radius 2 is 2.12 bits per heavy atom. The quantitative estimate of drug-likeness (QED) is 0.624. The SMILES string of the molecule is Cn1cc(-c2ccnc3[nH]cc(CC#N)c23)c(-c2ccc(F)cn2)n1. The summed E-state index contributed by atoms with van der Waals surface area (Å²) in [5, 5.41) is 14.5. The van der Waals surface area contributed by atoms with Crippen molar-refractivity contribution >= 4 is 11.0 Å². The molecule has 0 bridgehead atoms. The maximum Gasteiger partial charge on any atom is 0.141 e. The fraction of sp³-hybridized carbons (Fsp3) is 0.111. The van der Waals surface area contributed by atoms with Gasteiger partial charge in [0.1, 0.15) is 17.2 Å². The summed E-state index contributed by atoms with van der Waals surface area (Å²) in [6.45, 7) is 0. The Morgan fingerprint density at radius 1 is 1.24 bits per heavy atom. The smallest absolute Gasteiger partial charge is 0.141 e. The number of aromatic amines is 1. The van der Waals surface area contributed by atoms with Gasteiger partial charge in [-0.05, 0) is 29.3 Å². The van der Waals surface area contributed by atoms with Crippen LogP contribution < -0.4 is 0 Å². The zero-order valence-corrected chi connectivity index (χ0v) is 13.4. The molecule has 0 saturated carbocycles. The Hall–Kier alpha value is -3.53. The van der Waals surface area contributed by atoms with Gasteiger partial charge in [-0.25, -0.2) is 9.37 Å². The molecule has 7 heteroatoms. The Morgan fingerprint density at radius 3 is 2.88 bits per heavy atom. The average molecular weight is 332 g/mol. The van der Waals surface area contributed by atoms with Gasteiger partial charge in [-0.1, -0.05) is 0 Å². The first-order chi connectivity index (χ1) is 12.2. The number of fused-ring (bicyclic) bond motifs is 1. The van der Waals surface area contributed by atoms with Crippen molar-refractivity contribution < 1.29 is 4.39 Å². The summed E-state index contributed by atoms with van der Waals surface area (Å²) in [5.74, 6) is -0.394. The van der Waals surface area contributed by atoms with Gasteiger partial charge < -0.3 is 4.98 Å². The molecule has 4 aromatic rings. The summed E-state index contributed by atoms with van der Waals surface area (Å²) in [7, 11) is 1.82. The lowest BCUT2D eigenvalue weighted by Crippen LogP contribution is -1.91. The van der Waals surface area contributed by atoms with Crippen molar-refractivity contribution in [3.05, 3.63) is 54.4 Å². The van der Waals surface area contributed by atoms with Gasteiger partial charge in [-0.2, -0.15) is 10.4 Å². The lowest BCUT2D eigenvalue weighted by molar-refractivity contribution is 0.621. The highest BCUT2D eigenvalue weighted by Gasteiger charge is 2.18. The molecule has 4 rings (SSSR count). The summed E-state index contributed by atoms with van der Waals surface area (Å²) in [6.07, 6.45) is 6.85. The molecule has 0 radical (unpaired) electrons. The van der Waals surface area contributed by atoms with E-state index in [1.54, 1.807) is 23.1 Å². The topological polar surface area (TPSA) is 83.2 Å². The number of H-pyrrole nitrogens is 1. The molecule has 0 amide bonds. The van der Waals surface area contributed by atoms with Crippen LogP contribution in [0.1, 0.15) is 5.56 Å². The number of halogens is 1. The number of nitriles is 1. The van der Waals surface area contributed by atoms with Gasteiger partial charge in [0.2, 0.25) is 0 Å². The van der Waals surface area contributed by atoms with Gasteiger partial charge >= 0.3 is 0 Å². The van der Waals surface area contributed by atoms with Gasteiger partial charge in [0.05, 0.1) is 24.4 Å². The van der Waals surface area contributed by atoms with E-state index in [-0.39, 0.29) is 6.42 Å². The lowest BCUT2D eigenvalue weighted by atomic mass is 9.99. The molecular weight excluding hydrogens is 319 g/mol. The summed E-state index contributed by atoms with van der Waals surface area (Å²) in [5.41, 5.74) is 4.59. The molecule has 6 nitrogen and oxygen atoms in total. The van der Waals surface area contributed by atoms with Crippen molar-refractivity contribution in [2.45, 2.75) is 6.42 Å². The zero-order chi connectivity index (χ0) is 17.4. The standard InChI is InChI=1S/C18H13FN6/c1-25-10-14(17(24-25)15-3-2-12(19)9-22-15)13-5-7-21-18-16(13)11(4-6-20)8-23-18/h2-3,5,7-10H,4H2,1H3,(H,21,23). The van der Waals surface area contributed by atoms with Crippen LogP contribution in [0, 0.1) is 17.1 Å². The maximum absolute atomic E-state index is 13.2. The highest BCUT2D eigenvalue weighted by atomic mass is 19.1. The fourth-order valence-electron chi connectivity index (χ4n) is 2.96. The number of aryl methyl sites for hydroxylation is 1. The maximum atomic E-state index is 13.2. The van der Waals surface area contributed by atoms with Crippen LogP contribution in [0.2, 0.25) is 0 Å². The van der Waals surface area contributed by atoms with E-state index in [9.17, 15) is 4.39 Å². The average Bonchev–Trinajstić information content (AvgIpc) is 3.20. The van der Waals surface area contributed by atoms with Crippen LogP contribution in [0.3, 0.4) is 0 Å². The van der Waals surface area contributed by atoms with E-state index in [1.807, 2.05) is 19.3 Å². The minimum absolute atomic E-state index is 0.281. The van der Waals surface area contributed by atoms with Gasteiger partial charge in [0.25, 0.3) is 0 Å². The first-order valence-electron chi connectivity index (χ1n) is 7.65. The molecule has 4 aromatic heterocycles. The first kappa shape index (κ1) is 15.0. The molecule has 0 aliphatic heterocycles. The molecule has 1 N–H and O–H groups in total. The van der Waals surface area contributed by atoms with E-state index >= 15 is 0 Å². The number of pyridine rings is 2. The molecule has 0 saturated heterocycles. The van der Waals surface area contributed by atoms with Crippen LogP contribution in [0.25, 0.3) is 33.5 Å². The third-order valence-electron chi connectivity index (χ3n) is 4.01. The van der Waals surface area contributed by atoms with Crippen LogP contribution >= 0.6 is 0 Å². The largest absolute Gasteiger partial charge is 0.346 e. The number of hydrogen-bond acceptors (Lipinski definition) is 4. The van der Waals surface area contributed by atoms with Crippen LogP contribution in [0.5, 0.6) is 0 Å². The van der Waals surface area contributed by atoms with Gasteiger partial charge in [0, 0.05) is 36.6 Å². The van der Waals surface area contributed by atoms with Gasteiger partial charge in [0.15, 0.2) is 0 Å². The number of nitrogens with one attached hydrogen (secondary N) is 1. The lowest BCUT2D eigenvalue weighted by Gasteiger charge is -2.05. The van der Waals surface area contributed by atoms with E-state index in [4.69, 9.17) is 5.26 Å². The molecule has 0 aliphatic carbocycles. The van der Waals surface area contributed by atoms with E-state index in [2.05, 4.69) is 26.1 Å². The summed E-state index contributed by atoms with van der Waals surface area (Å²) < 4.78 is 14.9. The third-order valence-corrected chi connectivity index (χ3v) is 4.01. The molecule has 0 aliphatic rings. The van der Waals surface area contributed by atoms with E-state index in [1.165, 1.54) is 12.3 Å². The second kappa shape index (κ2) is 5.83. The Kier molecular flexibility index (Phi) is 3.51. The monoisotopic (exact) mass is 332 g/mol. The number of aromatic nitrogens is 5. The Labute approximate surface area is 142 Å². The molecule has 0 atom stereocenters. The molecule has 122 valence electrons. The van der Waals surface area contributed by atoms with Crippen molar-refractivity contribution in [2.75, 3.05) is 0 Å². The molecular formula is C18H13FN6. The van der Waals surface area contributed by atoms with E-state index in [0.717, 1.165) is 22.1 Å². The minimum atomic E-state index is -0.394. The molecule has 0 spiro atoms. The van der Waals surface area contributed by atoms with Crippen LogP contribution in [-0.2, 0) is 13.5 Å². The van der Waals surface area contributed by atoms with Crippen LogP contribution in [-0.4, -0.2) is 24.7 Å². The van der Waals surface area contributed by atoms with Crippen LogP contribution in [0.4, 0.5) is 4.39 Å². The normalized spacial score (nSPS) is 10.9. The summed E-state index contributed by atoms with van der Waals surface area (Å²) in [4.78, 5) is 11.6. The van der Waals surface area contributed by atoms with Crippen molar-refractivity contribution in [2.24, 2.45) is 7.05 Å². The fourth-order valence-corrected chi connectivity index (χ4v) is 2.96. The predicted octanol–water partition coefficient (Wildman–Crippen LogP) is 3.23. The molecule has 0 unspecified atom stereocenters. The first-order valence-corrected chi connectivity index (χ1v) is 7.65. The van der Waals surface area contributed by atoms with E-state index in [0.29, 0.717) is 17.0 Å². The van der Waals surface area contributed by atoms with Crippen molar-refractivity contribution in [1.82, 2.24) is 24.7 Å². The van der Waals surface area contributed by atoms with Crippen molar-refractivity contribution in [3.8, 4) is 28.6 Å². The Balaban J connectivity index is 1.97. The molecule has 0 fully saturated rings. The molecule has 0 aromatic carbocycles. The van der Waals surface area contributed by atoms with Crippen molar-refractivity contribution in [1.29, 1.82) is 5.26 Å². The van der Waals surface area contributed by atoms with Crippen LogP contribution in [0.15, 0.2) is 43.0 Å². The number of nitrogens with zero attached hydrogens (tertiary/aromatic N) is 5. The predicted molar refractivity (Wildman–Crippen MR) is 90.8 cm³/mol. The van der Waals surface area contributed by atoms with E-state index < -0.39 is 5.82 Å². The second-order valence-corrected chi connectivity index (χ2v) is 5.66. The number of hydrogen-bond donors (Lipinski definition) is 1. The zero-order valence-electron chi connectivity index (χ0n) is 13.4. The van der Waals surface area contributed by atoms with Gasteiger partial charge in [-0.3, -0.25) is 9.67 Å². The highest BCUT2D eigenvalue weighted by Crippen LogP contribution is 2.35. The molecule has 4 heterocycles. The third kappa shape index (κ3) is 2.54. The minimum Gasteiger partial charge on any atom is -0.346 e.